The number of hydrogen-bond donors (Lipinski definition) is 2. The maximum absolute atomic E-state index is 12.6. The van der Waals surface area contributed by atoms with Crippen LogP contribution in [0.1, 0.15) is 23.0 Å². The summed E-state index contributed by atoms with van der Waals surface area (Å²) < 4.78 is 1.60. The maximum Gasteiger partial charge on any atom is 0.257 e. The van der Waals surface area contributed by atoms with Gasteiger partial charge in [-0.2, -0.15) is 0 Å². The number of aryl methyl sites for hydroxylation is 1. The summed E-state index contributed by atoms with van der Waals surface area (Å²) in [6.07, 6.45) is -0.382. The van der Waals surface area contributed by atoms with E-state index in [1.54, 1.807) is 11.5 Å². The molecule has 27 heavy (non-hydrogen) atoms. The number of guanidine groups is 1. The summed E-state index contributed by atoms with van der Waals surface area (Å²) in [4.78, 5) is 21.7. The summed E-state index contributed by atoms with van der Waals surface area (Å²) in [7, 11) is 0. The van der Waals surface area contributed by atoms with Crippen molar-refractivity contribution < 1.29 is 0 Å². The van der Waals surface area contributed by atoms with Crippen LogP contribution in [0.5, 0.6) is 0 Å². The van der Waals surface area contributed by atoms with Gasteiger partial charge < -0.3 is 5.32 Å². The Bertz CT molecular complexity index is 1040. The third-order valence-corrected chi connectivity index (χ3v) is 4.54. The van der Waals surface area contributed by atoms with Gasteiger partial charge in [0, 0.05) is 16.8 Å². The van der Waals surface area contributed by atoms with E-state index in [2.05, 4.69) is 20.6 Å². The van der Waals surface area contributed by atoms with Gasteiger partial charge in [-0.05, 0) is 30.2 Å². The Morgan fingerprint density at radius 3 is 2.63 bits per heavy atom. The van der Waals surface area contributed by atoms with E-state index in [9.17, 15) is 4.79 Å². The van der Waals surface area contributed by atoms with Crippen LogP contribution >= 0.6 is 11.6 Å². The zero-order chi connectivity index (χ0) is 18.8. The minimum Gasteiger partial charge on any atom is -0.331 e. The summed E-state index contributed by atoms with van der Waals surface area (Å²) >= 11 is 5.93. The Morgan fingerprint density at radius 1 is 1.15 bits per heavy atom. The topological polar surface area (TPSA) is 71.3 Å². The van der Waals surface area contributed by atoms with E-state index in [-0.39, 0.29) is 11.7 Å². The van der Waals surface area contributed by atoms with Gasteiger partial charge in [-0.1, -0.05) is 54.1 Å². The molecule has 2 N–H and O–H groups in total. The standard InChI is InChI=1S/C20H18ClN5O/c1-13-11-17(27)26-18(15-5-3-2-4-6-15)24-19(25-20(26)23-13)22-12-14-7-9-16(21)10-8-14/h2-11,18H,12H2,1H3,(H2,22,23,24,25). The molecule has 2 aromatic carbocycles. The van der Waals surface area contributed by atoms with Gasteiger partial charge in [-0.15, -0.1) is 0 Å². The van der Waals surface area contributed by atoms with Crippen LogP contribution in [0.25, 0.3) is 0 Å². The second-order valence-electron chi connectivity index (χ2n) is 6.30. The highest BCUT2D eigenvalue weighted by Crippen LogP contribution is 2.21. The van der Waals surface area contributed by atoms with Gasteiger partial charge in [0.15, 0.2) is 5.96 Å². The molecule has 7 heteroatoms. The van der Waals surface area contributed by atoms with Crippen molar-refractivity contribution in [1.29, 1.82) is 0 Å². The molecule has 0 radical (unpaired) electrons. The molecule has 2 heterocycles. The van der Waals surface area contributed by atoms with E-state index >= 15 is 0 Å². The highest BCUT2D eigenvalue weighted by atomic mass is 35.5. The molecular formula is C20H18ClN5O. The number of nitrogens with one attached hydrogen (secondary N) is 2. The molecule has 136 valence electrons. The first kappa shape index (κ1) is 17.3. The summed E-state index contributed by atoms with van der Waals surface area (Å²) in [5.41, 5.74) is 2.52. The first-order valence-corrected chi connectivity index (χ1v) is 8.95. The van der Waals surface area contributed by atoms with Crippen molar-refractivity contribution in [3.8, 4) is 0 Å². The van der Waals surface area contributed by atoms with Crippen LogP contribution in [-0.4, -0.2) is 15.5 Å². The lowest BCUT2D eigenvalue weighted by atomic mass is 10.1. The highest BCUT2D eigenvalue weighted by molar-refractivity contribution is 6.30. The van der Waals surface area contributed by atoms with E-state index in [4.69, 9.17) is 11.6 Å². The molecule has 1 aromatic heterocycles. The Balaban J connectivity index is 1.71. The van der Waals surface area contributed by atoms with Gasteiger partial charge >= 0.3 is 0 Å². The molecule has 1 unspecified atom stereocenters. The molecule has 3 aromatic rings. The smallest absolute Gasteiger partial charge is 0.257 e. The van der Waals surface area contributed by atoms with Crippen molar-refractivity contribution >= 4 is 23.5 Å². The number of aromatic nitrogens is 2. The predicted molar refractivity (Wildman–Crippen MR) is 107 cm³/mol. The number of rotatable bonds is 3. The second-order valence-corrected chi connectivity index (χ2v) is 6.74. The molecule has 0 aliphatic carbocycles. The number of hydrogen-bond acceptors (Lipinski definition) is 3. The molecular weight excluding hydrogens is 362 g/mol. The number of aliphatic imine (C=N–C) groups is 1. The van der Waals surface area contributed by atoms with E-state index in [0.717, 1.165) is 11.1 Å². The SMILES string of the molecule is Cc1cc(=O)n2c(n1)NC(=NCc1ccc(Cl)cc1)NC2c1ccccc1. The monoisotopic (exact) mass is 379 g/mol. The number of halogens is 1. The lowest BCUT2D eigenvalue weighted by Crippen LogP contribution is -2.48. The zero-order valence-corrected chi connectivity index (χ0v) is 15.4. The van der Waals surface area contributed by atoms with Crippen molar-refractivity contribution in [3.05, 3.63) is 92.9 Å². The summed E-state index contributed by atoms with van der Waals surface area (Å²) in [5, 5.41) is 7.12. The average Bonchev–Trinajstić information content (AvgIpc) is 2.67. The van der Waals surface area contributed by atoms with Crippen LogP contribution in [0.15, 0.2) is 70.5 Å². The van der Waals surface area contributed by atoms with Crippen molar-refractivity contribution in [1.82, 2.24) is 14.9 Å². The molecule has 1 aliphatic rings. The van der Waals surface area contributed by atoms with Crippen molar-refractivity contribution in [2.75, 3.05) is 5.32 Å². The van der Waals surface area contributed by atoms with Gasteiger partial charge in [0.2, 0.25) is 5.95 Å². The van der Waals surface area contributed by atoms with Gasteiger partial charge in [-0.3, -0.25) is 14.7 Å². The predicted octanol–water partition coefficient (Wildman–Crippen LogP) is 3.32. The van der Waals surface area contributed by atoms with Gasteiger partial charge in [0.25, 0.3) is 5.56 Å². The first-order valence-electron chi connectivity index (χ1n) is 8.58. The largest absolute Gasteiger partial charge is 0.331 e. The fraction of sp³-hybridized carbons (Fsp3) is 0.150. The minimum absolute atomic E-state index is 0.122. The Hall–Kier alpha value is -3.12. The lowest BCUT2D eigenvalue weighted by Gasteiger charge is -2.31. The number of anilines is 1. The molecule has 0 saturated carbocycles. The maximum atomic E-state index is 12.6. The first-order chi connectivity index (χ1) is 13.1. The third kappa shape index (κ3) is 3.71. The molecule has 0 spiro atoms. The third-order valence-electron chi connectivity index (χ3n) is 4.29. The Kier molecular flexibility index (Phi) is 4.64. The number of nitrogens with zero attached hydrogens (tertiary/aromatic N) is 3. The second kappa shape index (κ2) is 7.25. The van der Waals surface area contributed by atoms with E-state index in [1.807, 2.05) is 54.6 Å². The molecule has 0 fully saturated rings. The Labute approximate surface area is 161 Å². The Morgan fingerprint density at radius 2 is 1.89 bits per heavy atom. The molecule has 0 saturated heterocycles. The van der Waals surface area contributed by atoms with Crippen LogP contribution < -0.4 is 16.2 Å². The van der Waals surface area contributed by atoms with Gasteiger partial charge in [0.1, 0.15) is 6.17 Å². The summed E-state index contributed by atoms with van der Waals surface area (Å²) in [6.45, 7) is 2.28. The molecule has 1 atom stereocenters. The summed E-state index contributed by atoms with van der Waals surface area (Å²) in [5.74, 6) is 1.04. The molecule has 0 amide bonds. The summed E-state index contributed by atoms with van der Waals surface area (Å²) in [6, 6.07) is 18.8. The minimum atomic E-state index is -0.382. The zero-order valence-electron chi connectivity index (χ0n) is 14.7. The van der Waals surface area contributed by atoms with E-state index in [0.29, 0.717) is 29.2 Å². The van der Waals surface area contributed by atoms with Gasteiger partial charge in [0.05, 0.1) is 6.54 Å². The fourth-order valence-corrected chi connectivity index (χ4v) is 3.12. The van der Waals surface area contributed by atoms with Crippen LogP contribution in [-0.2, 0) is 6.54 Å². The molecule has 0 bridgehead atoms. The van der Waals surface area contributed by atoms with Crippen LogP contribution in [0.2, 0.25) is 5.02 Å². The van der Waals surface area contributed by atoms with Crippen molar-refractivity contribution in [3.63, 3.8) is 0 Å². The van der Waals surface area contributed by atoms with E-state index < -0.39 is 0 Å². The van der Waals surface area contributed by atoms with Crippen LogP contribution in [0, 0.1) is 6.92 Å². The van der Waals surface area contributed by atoms with Crippen LogP contribution in [0.3, 0.4) is 0 Å². The normalized spacial score (nSPS) is 17.1. The molecule has 1 aliphatic heterocycles. The van der Waals surface area contributed by atoms with Crippen LogP contribution in [0.4, 0.5) is 5.95 Å². The number of fused-ring (bicyclic) bond motifs is 1. The highest BCUT2D eigenvalue weighted by Gasteiger charge is 2.26. The lowest BCUT2D eigenvalue weighted by molar-refractivity contribution is 0.515. The molecule has 4 rings (SSSR count). The van der Waals surface area contributed by atoms with E-state index in [1.165, 1.54) is 6.07 Å². The van der Waals surface area contributed by atoms with Crippen molar-refractivity contribution in [2.24, 2.45) is 4.99 Å². The van der Waals surface area contributed by atoms with Crippen molar-refractivity contribution in [2.45, 2.75) is 19.6 Å². The fourth-order valence-electron chi connectivity index (χ4n) is 2.99. The van der Waals surface area contributed by atoms with Gasteiger partial charge in [-0.25, -0.2) is 9.98 Å². The average molecular weight is 380 g/mol. The molecule has 6 nitrogen and oxygen atoms in total. The number of benzene rings is 2. The quantitative estimate of drug-likeness (QED) is 0.732.